The SMILES string of the molecule is CC[C@@]1(O)C(=O)OCc2c1cc1n(c2=O)CC2=C(CCCCOCNC(=O)CNC(=O)C3(NC(=O)CNC(=O)CNC(=O)CCCCCN4C(=O)C=CC4=O)CC3c3ccccc3)C3=CC(C)=C(F)CC3(C)N=C21. The van der Waals surface area contributed by atoms with Crippen molar-refractivity contribution in [3.05, 3.63) is 115 Å². The van der Waals surface area contributed by atoms with Crippen LogP contribution < -0.4 is 32.1 Å². The summed E-state index contributed by atoms with van der Waals surface area (Å²) in [7, 11) is 0. The zero-order valence-electron chi connectivity index (χ0n) is 41.7. The second-order valence-electron chi connectivity index (χ2n) is 19.6. The molecule has 5 heterocycles. The molecule has 0 bridgehead atoms. The minimum absolute atomic E-state index is 0.000977. The number of halogens is 1. The van der Waals surface area contributed by atoms with Gasteiger partial charge in [0.2, 0.25) is 29.5 Å². The van der Waals surface area contributed by atoms with Gasteiger partial charge in [0.25, 0.3) is 17.4 Å². The van der Waals surface area contributed by atoms with Crippen LogP contribution in [0.25, 0.3) is 0 Å². The first-order valence-corrected chi connectivity index (χ1v) is 25.0. The molecule has 2 aliphatic carbocycles. The number of rotatable bonds is 23. The Morgan fingerprint density at radius 1 is 0.892 bits per heavy atom. The van der Waals surface area contributed by atoms with Gasteiger partial charge >= 0.3 is 5.97 Å². The van der Waals surface area contributed by atoms with Crippen LogP contribution >= 0.6 is 0 Å². The Morgan fingerprint density at radius 3 is 2.34 bits per heavy atom. The van der Waals surface area contributed by atoms with Gasteiger partial charge in [0.15, 0.2) is 5.60 Å². The smallest absolute Gasteiger partial charge is 0.343 e. The summed E-state index contributed by atoms with van der Waals surface area (Å²) in [6.07, 6.45) is 7.98. The van der Waals surface area contributed by atoms with Crippen molar-refractivity contribution < 1.29 is 57.3 Å². The van der Waals surface area contributed by atoms with E-state index >= 15 is 4.39 Å². The number of amides is 7. The van der Waals surface area contributed by atoms with Crippen molar-refractivity contribution in [1.29, 1.82) is 0 Å². The quantitative estimate of drug-likeness (QED) is 0.0405. The van der Waals surface area contributed by atoms with Crippen LogP contribution in [0.4, 0.5) is 4.39 Å². The zero-order valence-corrected chi connectivity index (χ0v) is 41.7. The molecule has 21 heteroatoms. The highest BCUT2D eigenvalue weighted by molar-refractivity contribution is 6.16. The molecule has 1 aromatic carbocycles. The molecule has 4 aliphatic heterocycles. The number of allylic oxidation sites excluding steroid dienone is 3. The van der Waals surface area contributed by atoms with Gasteiger partial charge in [-0.05, 0) is 87.1 Å². The van der Waals surface area contributed by atoms with Crippen LogP contribution in [0.2, 0.25) is 0 Å². The normalized spacial score (nSPS) is 23.2. The van der Waals surface area contributed by atoms with Crippen LogP contribution in [-0.4, -0.2) is 118 Å². The Morgan fingerprint density at radius 2 is 1.59 bits per heavy atom. The second kappa shape index (κ2) is 22.0. The van der Waals surface area contributed by atoms with E-state index in [0.29, 0.717) is 55.5 Å². The fourth-order valence-corrected chi connectivity index (χ4v) is 10.3. The summed E-state index contributed by atoms with van der Waals surface area (Å²) in [4.78, 5) is 121. The predicted molar refractivity (Wildman–Crippen MR) is 264 cm³/mol. The van der Waals surface area contributed by atoms with E-state index in [1.165, 1.54) is 12.2 Å². The number of nitrogens with one attached hydrogen (secondary N) is 5. The number of dihydropyridines is 1. The number of carbonyl (C=O) groups is 8. The maximum Gasteiger partial charge on any atom is 0.343 e. The van der Waals surface area contributed by atoms with Gasteiger partial charge < -0.3 is 45.7 Å². The van der Waals surface area contributed by atoms with Crippen molar-refractivity contribution >= 4 is 53.0 Å². The number of nitrogens with zero attached hydrogens (tertiary/aromatic N) is 3. The molecule has 6 N–H and O–H groups in total. The predicted octanol–water partition coefficient (Wildman–Crippen LogP) is 2.09. The summed E-state index contributed by atoms with van der Waals surface area (Å²) in [5, 5.41) is 24.3. The monoisotopic (exact) mass is 1020 g/mol. The molecule has 74 heavy (non-hydrogen) atoms. The fraction of sp³-hybridized carbons (Fsp3) is 0.472. The van der Waals surface area contributed by atoms with E-state index in [2.05, 4.69) is 26.6 Å². The standard InChI is InChI=1S/C53H61FN8O12/c1-4-53(72)37-22-40-47-34(28-62(40)48(69)35(37)29-74-50(53)71)33(36-21-31(2)39(54)24-51(36,3)60-47)15-10-12-20-73-30-58-43(65)26-57-49(70)52(23-38(52)32-13-7-5-8-14-32)59-44(66)27-56-42(64)25-55-41(63)16-9-6-11-19-61-45(67)17-18-46(61)68/h5,7-8,13-14,17-18,21-22,38,72H,4,6,9-12,15-16,19-20,23-30H2,1-3H3,(H,55,63)(H,56,64)(H,57,70)(H,58,65)(H,59,66)/t38?,51?,52?,53-/m0/s1. The number of hydrogen-bond acceptors (Lipinski definition) is 13. The first-order chi connectivity index (χ1) is 35.4. The number of aliphatic hydroxyl groups is 1. The number of pyridine rings is 1. The summed E-state index contributed by atoms with van der Waals surface area (Å²) in [6, 6.07) is 10.7. The Hall–Kier alpha value is -7.39. The van der Waals surface area contributed by atoms with Gasteiger partial charge in [-0.25, -0.2) is 9.18 Å². The van der Waals surface area contributed by atoms with Crippen LogP contribution in [0.1, 0.15) is 113 Å². The molecule has 0 saturated heterocycles. The highest BCUT2D eigenvalue weighted by atomic mass is 19.1. The lowest BCUT2D eigenvalue weighted by Gasteiger charge is -2.38. The molecule has 1 aromatic heterocycles. The average Bonchev–Trinajstić information content (AvgIpc) is 3.87. The third kappa shape index (κ3) is 10.9. The molecule has 392 valence electrons. The van der Waals surface area contributed by atoms with Gasteiger partial charge in [-0.1, -0.05) is 49.8 Å². The summed E-state index contributed by atoms with van der Waals surface area (Å²) in [5.41, 5.74) is 0.568. The largest absolute Gasteiger partial charge is 0.458 e. The first-order valence-electron chi connectivity index (χ1n) is 25.0. The summed E-state index contributed by atoms with van der Waals surface area (Å²) < 4.78 is 27.8. The van der Waals surface area contributed by atoms with Gasteiger partial charge in [0.1, 0.15) is 24.7 Å². The lowest BCUT2D eigenvalue weighted by Crippen LogP contribution is -2.54. The Labute approximate surface area is 425 Å². The van der Waals surface area contributed by atoms with Crippen molar-refractivity contribution in [1.82, 2.24) is 36.1 Å². The minimum Gasteiger partial charge on any atom is -0.458 e. The number of aromatic nitrogens is 1. The molecule has 0 radical (unpaired) electrons. The third-order valence-electron chi connectivity index (χ3n) is 14.6. The Kier molecular flexibility index (Phi) is 15.7. The fourth-order valence-electron chi connectivity index (χ4n) is 10.3. The molecule has 1 fully saturated rings. The van der Waals surface area contributed by atoms with Gasteiger partial charge in [-0.15, -0.1) is 0 Å². The third-order valence-corrected chi connectivity index (χ3v) is 14.6. The maximum atomic E-state index is 15.2. The maximum absolute atomic E-state index is 15.2. The lowest BCUT2D eigenvalue weighted by molar-refractivity contribution is -0.172. The lowest BCUT2D eigenvalue weighted by atomic mass is 9.73. The highest BCUT2D eigenvalue weighted by Gasteiger charge is 2.61. The molecule has 6 aliphatic rings. The molecule has 20 nitrogen and oxygen atoms in total. The van der Waals surface area contributed by atoms with E-state index in [9.17, 15) is 48.3 Å². The molecule has 7 amide bonds. The topological polar surface area (TPSA) is 273 Å². The van der Waals surface area contributed by atoms with E-state index < -0.39 is 65.3 Å². The molecular formula is C53H61FN8O12. The van der Waals surface area contributed by atoms with Crippen LogP contribution in [0, 0.1) is 0 Å². The van der Waals surface area contributed by atoms with Crippen molar-refractivity contribution in [3.63, 3.8) is 0 Å². The Balaban J connectivity index is 0.783. The molecule has 2 aromatic rings. The van der Waals surface area contributed by atoms with Gasteiger partial charge in [0, 0.05) is 55.2 Å². The molecule has 3 unspecified atom stereocenters. The van der Waals surface area contributed by atoms with Crippen LogP contribution in [-0.2, 0) is 66.6 Å². The number of unbranched alkanes of at least 4 members (excludes halogenated alkanes) is 3. The highest BCUT2D eigenvalue weighted by Crippen LogP contribution is 2.52. The second-order valence-corrected chi connectivity index (χ2v) is 19.6. The van der Waals surface area contributed by atoms with Crippen LogP contribution in [0.5, 0.6) is 0 Å². The van der Waals surface area contributed by atoms with Gasteiger partial charge in [-0.3, -0.25) is 48.2 Å². The molecule has 8 rings (SSSR count). The number of hydrogen-bond donors (Lipinski definition) is 6. The average molecular weight is 1020 g/mol. The number of aliphatic imine (C=N–C) groups is 1. The van der Waals surface area contributed by atoms with E-state index in [4.69, 9.17) is 14.5 Å². The number of cyclic esters (lactones) is 1. The minimum atomic E-state index is -1.99. The van der Waals surface area contributed by atoms with Gasteiger partial charge in [0.05, 0.1) is 48.7 Å². The van der Waals surface area contributed by atoms with E-state index in [1.807, 2.05) is 31.2 Å². The number of ether oxygens (including phenoxy) is 2. The van der Waals surface area contributed by atoms with Crippen molar-refractivity contribution in [2.24, 2.45) is 4.99 Å². The van der Waals surface area contributed by atoms with E-state index in [0.717, 1.165) is 27.2 Å². The Bertz CT molecular complexity index is 2890. The number of esters is 1. The molecule has 0 spiro atoms. The van der Waals surface area contributed by atoms with Crippen molar-refractivity contribution in [2.45, 2.75) is 121 Å². The molecule has 1 saturated carbocycles. The zero-order chi connectivity index (χ0) is 53.0. The number of benzene rings is 1. The van der Waals surface area contributed by atoms with Crippen LogP contribution in [0.15, 0.2) is 92.5 Å². The van der Waals surface area contributed by atoms with Crippen molar-refractivity contribution in [3.8, 4) is 0 Å². The molecular weight excluding hydrogens is 960 g/mol. The van der Waals surface area contributed by atoms with E-state index in [-0.39, 0.29) is 105 Å². The van der Waals surface area contributed by atoms with Gasteiger partial charge in [-0.2, -0.15) is 0 Å². The molecule has 4 atom stereocenters. The number of carbonyl (C=O) groups excluding carboxylic acids is 8. The summed E-state index contributed by atoms with van der Waals surface area (Å²) in [6.45, 7) is 4.26. The number of imide groups is 1. The summed E-state index contributed by atoms with van der Waals surface area (Å²) in [5.74, 6) is -5.01. The van der Waals surface area contributed by atoms with E-state index in [1.54, 1.807) is 36.6 Å². The number of fused-ring (bicyclic) bond motifs is 5. The van der Waals surface area contributed by atoms with Crippen LogP contribution in [0.3, 0.4) is 0 Å². The first kappa shape index (κ1) is 52.9. The summed E-state index contributed by atoms with van der Waals surface area (Å²) >= 11 is 0. The van der Waals surface area contributed by atoms with Crippen molar-refractivity contribution in [2.75, 3.05) is 39.5 Å².